The topological polar surface area (TPSA) is 80.9 Å². The average Bonchev–Trinajstić information content (AvgIpc) is 2.78. The maximum atomic E-state index is 11.0. The number of fused-ring (bicyclic) bond motifs is 5. The van der Waals surface area contributed by atoms with Gasteiger partial charge in [-0.3, -0.25) is 0 Å². The van der Waals surface area contributed by atoms with Crippen LogP contribution in [0.5, 0.6) is 0 Å². The molecule has 4 rings (SSSR count). The summed E-state index contributed by atoms with van der Waals surface area (Å²) in [5.41, 5.74) is 0.701. The summed E-state index contributed by atoms with van der Waals surface area (Å²) in [7, 11) is 0. The molecule has 4 N–H and O–H groups in total. The lowest BCUT2D eigenvalue weighted by atomic mass is 9.47. The third kappa shape index (κ3) is 2.06. The Hall–Kier alpha value is -0.420. The average molecular weight is 336 g/mol. The van der Waals surface area contributed by atoms with E-state index in [1.165, 1.54) is 0 Å². The van der Waals surface area contributed by atoms with Crippen LogP contribution >= 0.6 is 0 Å². The van der Waals surface area contributed by atoms with Crippen LogP contribution < -0.4 is 0 Å². The van der Waals surface area contributed by atoms with Gasteiger partial charge in [0, 0.05) is 5.41 Å². The van der Waals surface area contributed by atoms with Crippen molar-refractivity contribution >= 4 is 0 Å². The van der Waals surface area contributed by atoms with Gasteiger partial charge in [-0.15, -0.1) is 0 Å². The summed E-state index contributed by atoms with van der Waals surface area (Å²) in [4.78, 5) is 0. The van der Waals surface area contributed by atoms with E-state index in [2.05, 4.69) is 13.8 Å². The van der Waals surface area contributed by atoms with Gasteiger partial charge in [0.25, 0.3) is 0 Å². The molecule has 0 amide bonds. The smallest absolute Gasteiger partial charge is 0.0757 e. The molecule has 0 heterocycles. The fourth-order valence-corrected chi connectivity index (χ4v) is 7.07. The second kappa shape index (κ2) is 5.54. The van der Waals surface area contributed by atoms with E-state index in [0.29, 0.717) is 12.3 Å². The molecule has 0 aromatic carbocycles. The van der Waals surface area contributed by atoms with Gasteiger partial charge < -0.3 is 20.4 Å². The monoisotopic (exact) mass is 336 g/mol. The first-order valence-corrected chi connectivity index (χ1v) is 9.69. The molecule has 0 aliphatic heterocycles. The molecule has 0 spiro atoms. The third-order valence-electron chi connectivity index (χ3n) is 8.39. The van der Waals surface area contributed by atoms with Crippen LogP contribution in [0.15, 0.2) is 11.6 Å². The van der Waals surface area contributed by atoms with Gasteiger partial charge in [-0.1, -0.05) is 25.5 Å². The summed E-state index contributed by atoms with van der Waals surface area (Å²) in [5.74, 6) is 0.967. The molecule has 3 fully saturated rings. The lowest BCUT2D eigenvalue weighted by Gasteiger charge is -2.59. The molecule has 4 heteroatoms. The molecule has 9 atom stereocenters. The number of hydrogen-bond acceptors (Lipinski definition) is 4. The van der Waals surface area contributed by atoms with E-state index in [1.807, 2.05) is 6.08 Å². The zero-order chi connectivity index (χ0) is 17.3. The van der Waals surface area contributed by atoms with Gasteiger partial charge in [0.05, 0.1) is 24.9 Å². The van der Waals surface area contributed by atoms with Gasteiger partial charge in [0.2, 0.25) is 0 Å². The van der Waals surface area contributed by atoms with E-state index in [-0.39, 0.29) is 47.4 Å². The van der Waals surface area contributed by atoms with Crippen LogP contribution in [0.1, 0.15) is 52.4 Å². The minimum atomic E-state index is -0.517. The number of aliphatic hydroxyl groups is 4. The second-order valence-corrected chi connectivity index (χ2v) is 9.39. The number of aliphatic hydroxyl groups excluding tert-OH is 4. The first-order chi connectivity index (χ1) is 11.3. The standard InChI is InChI=1S/C20H32O4/c1-11-7-15-17-14(4-5-19(15,2)18(11)24)20(10-21)6-3-13(22)8-12(20)9-16(17)23/h9,11,13-18,21-24H,3-8,10H2,1-2H3/t11-,13+,14?,15?,16?,17?,18+,19+,20-/m1/s1. The Bertz CT molecular complexity index is 546. The van der Waals surface area contributed by atoms with Crippen molar-refractivity contribution in [3.05, 3.63) is 11.6 Å². The van der Waals surface area contributed by atoms with Crippen LogP contribution in [0.4, 0.5) is 0 Å². The minimum Gasteiger partial charge on any atom is -0.395 e. The Morgan fingerprint density at radius 2 is 1.88 bits per heavy atom. The predicted molar refractivity (Wildman–Crippen MR) is 91.1 cm³/mol. The highest BCUT2D eigenvalue weighted by Crippen LogP contribution is 2.65. The maximum absolute atomic E-state index is 11.0. The fourth-order valence-electron chi connectivity index (χ4n) is 7.07. The maximum Gasteiger partial charge on any atom is 0.0757 e. The van der Waals surface area contributed by atoms with E-state index in [9.17, 15) is 20.4 Å². The quantitative estimate of drug-likeness (QED) is 0.551. The lowest BCUT2D eigenvalue weighted by molar-refractivity contribution is -0.121. The van der Waals surface area contributed by atoms with Crippen molar-refractivity contribution in [3.8, 4) is 0 Å². The predicted octanol–water partition coefficient (Wildman–Crippen LogP) is 1.86. The molecule has 4 aliphatic carbocycles. The number of hydrogen-bond donors (Lipinski definition) is 4. The van der Waals surface area contributed by atoms with Gasteiger partial charge in [-0.25, -0.2) is 0 Å². The number of rotatable bonds is 1. The third-order valence-corrected chi connectivity index (χ3v) is 8.39. The highest BCUT2D eigenvalue weighted by molar-refractivity contribution is 5.29. The van der Waals surface area contributed by atoms with Crippen LogP contribution in [-0.4, -0.2) is 45.3 Å². The molecule has 0 saturated heterocycles. The highest BCUT2D eigenvalue weighted by Gasteiger charge is 2.62. The molecule has 0 radical (unpaired) electrons. The lowest BCUT2D eigenvalue weighted by Crippen LogP contribution is -2.57. The van der Waals surface area contributed by atoms with Gasteiger partial charge in [-0.05, 0) is 67.6 Å². The largest absolute Gasteiger partial charge is 0.395 e. The molecule has 4 aliphatic rings. The minimum absolute atomic E-state index is 0.112. The molecular formula is C20H32O4. The van der Waals surface area contributed by atoms with E-state index in [0.717, 1.165) is 37.7 Å². The summed E-state index contributed by atoms with van der Waals surface area (Å²) in [6.45, 7) is 4.43. The van der Waals surface area contributed by atoms with Crippen molar-refractivity contribution in [3.63, 3.8) is 0 Å². The highest BCUT2D eigenvalue weighted by atomic mass is 16.3. The van der Waals surface area contributed by atoms with E-state index >= 15 is 0 Å². The van der Waals surface area contributed by atoms with Gasteiger partial charge >= 0.3 is 0 Å². The van der Waals surface area contributed by atoms with Gasteiger partial charge in [0.1, 0.15) is 0 Å². The molecule has 4 unspecified atom stereocenters. The normalized spacial score (nSPS) is 56.9. The van der Waals surface area contributed by atoms with Crippen LogP contribution in [0.25, 0.3) is 0 Å². The van der Waals surface area contributed by atoms with E-state index in [1.54, 1.807) is 0 Å². The Morgan fingerprint density at radius 3 is 2.58 bits per heavy atom. The summed E-state index contributed by atoms with van der Waals surface area (Å²) in [6, 6.07) is 0. The van der Waals surface area contributed by atoms with Gasteiger partial charge in [0.15, 0.2) is 0 Å². The first kappa shape index (κ1) is 17.0. The van der Waals surface area contributed by atoms with Crippen LogP contribution in [0.2, 0.25) is 0 Å². The summed E-state index contributed by atoms with van der Waals surface area (Å²) in [6.07, 6.45) is 5.80. The molecule has 24 heavy (non-hydrogen) atoms. The molecule has 0 bridgehead atoms. The SMILES string of the molecule is C[C@@H]1CC2C3C(O)C=C4C[C@@H](O)CC[C@]4(CO)C3CC[C@]2(C)[C@H]1O. The van der Waals surface area contributed by atoms with Crippen LogP contribution in [0.3, 0.4) is 0 Å². The summed E-state index contributed by atoms with van der Waals surface area (Å²) in [5, 5.41) is 42.1. The van der Waals surface area contributed by atoms with Crippen molar-refractivity contribution in [1.29, 1.82) is 0 Å². The Balaban J connectivity index is 1.76. The molecule has 0 aromatic rings. The molecule has 0 aromatic heterocycles. The van der Waals surface area contributed by atoms with E-state index in [4.69, 9.17) is 0 Å². The summed E-state index contributed by atoms with van der Waals surface area (Å²) >= 11 is 0. The Kier molecular flexibility index (Phi) is 3.93. The zero-order valence-electron chi connectivity index (χ0n) is 14.9. The zero-order valence-corrected chi connectivity index (χ0v) is 14.9. The molecule has 136 valence electrons. The van der Waals surface area contributed by atoms with Crippen molar-refractivity contribution in [2.24, 2.45) is 34.5 Å². The molecule has 4 nitrogen and oxygen atoms in total. The Morgan fingerprint density at radius 1 is 1.12 bits per heavy atom. The van der Waals surface area contributed by atoms with Crippen LogP contribution in [0, 0.1) is 34.5 Å². The van der Waals surface area contributed by atoms with Crippen molar-refractivity contribution in [2.75, 3.05) is 6.61 Å². The second-order valence-electron chi connectivity index (χ2n) is 9.39. The van der Waals surface area contributed by atoms with Gasteiger partial charge in [-0.2, -0.15) is 0 Å². The van der Waals surface area contributed by atoms with Crippen molar-refractivity contribution in [1.82, 2.24) is 0 Å². The first-order valence-electron chi connectivity index (χ1n) is 9.69. The van der Waals surface area contributed by atoms with Crippen LogP contribution in [-0.2, 0) is 0 Å². The van der Waals surface area contributed by atoms with Crippen molar-refractivity contribution in [2.45, 2.75) is 70.7 Å². The Labute approximate surface area is 144 Å². The molecule has 3 saturated carbocycles. The van der Waals surface area contributed by atoms with Crippen molar-refractivity contribution < 1.29 is 20.4 Å². The molecular weight excluding hydrogens is 304 g/mol. The fraction of sp³-hybridized carbons (Fsp3) is 0.900. The summed E-state index contributed by atoms with van der Waals surface area (Å²) < 4.78 is 0. The van der Waals surface area contributed by atoms with E-state index < -0.39 is 6.10 Å².